The van der Waals surface area contributed by atoms with E-state index in [4.69, 9.17) is 6.57 Å². The van der Waals surface area contributed by atoms with Crippen LogP contribution in [-0.2, 0) is 7.05 Å². The smallest absolute Gasteiger partial charge is 0.350 e. The van der Waals surface area contributed by atoms with Crippen LogP contribution in [0.15, 0.2) is 29.1 Å². The van der Waals surface area contributed by atoms with Gasteiger partial charge in [0.15, 0.2) is 23.3 Å². The number of hydrogen-bond donors (Lipinski definition) is 0. The van der Waals surface area contributed by atoms with Gasteiger partial charge in [0.1, 0.15) is 0 Å². The van der Waals surface area contributed by atoms with Crippen molar-refractivity contribution in [1.29, 1.82) is 0 Å². The van der Waals surface area contributed by atoms with Crippen molar-refractivity contribution in [3.63, 3.8) is 0 Å². The summed E-state index contributed by atoms with van der Waals surface area (Å²) < 4.78 is 42.4. The highest BCUT2D eigenvalue weighted by molar-refractivity contribution is 5.87. The molecule has 2 aromatic heterocycles. The van der Waals surface area contributed by atoms with Crippen LogP contribution in [0.25, 0.3) is 15.9 Å². The molecule has 1 aliphatic rings. The lowest BCUT2D eigenvalue weighted by molar-refractivity contribution is 0.118. The van der Waals surface area contributed by atoms with Gasteiger partial charge >= 0.3 is 5.69 Å². The number of rotatable bonds is 3. The molecule has 0 N–H and O–H groups in total. The van der Waals surface area contributed by atoms with Gasteiger partial charge in [0.25, 0.3) is 5.82 Å². The molecule has 0 aliphatic carbocycles. The van der Waals surface area contributed by atoms with E-state index in [1.54, 1.807) is 19.2 Å². The number of halogens is 3. The van der Waals surface area contributed by atoms with Crippen LogP contribution in [-0.4, -0.2) is 44.6 Å². The van der Waals surface area contributed by atoms with Gasteiger partial charge in [-0.1, -0.05) is 6.57 Å². The molecule has 0 spiro atoms. The van der Waals surface area contributed by atoms with Crippen molar-refractivity contribution < 1.29 is 13.2 Å². The fraction of sp³-hybridized carbons (Fsp3) is 0.391. The van der Waals surface area contributed by atoms with Crippen molar-refractivity contribution in [2.24, 2.45) is 7.05 Å². The molecule has 3 aromatic rings. The summed E-state index contributed by atoms with van der Waals surface area (Å²) in [5.41, 5.74) is 0.960. The summed E-state index contributed by atoms with van der Waals surface area (Å²) in [6.07, 6.45) is 0. The number of anilines is 1. The monoisotopic (exact) mass is 456 g/mol. The molecule has 1 fully saturated rings. The summed E-state index contributed by atoms with van der Waals surface area (Å²) in [5, 5.41) is 0. The van der Waals surface area contributed by atoms with E-state index < -0.39 is 23.1 Å². The molecule has 0 radical (unpaired) electrons. The number of piperazine rings is 1. The summed E-state index contributed by atoms with van der Waals surface area (Å²) in [7, 11) is 1.60. The van der Waals surface area contributed by atoms with Gasteiger partial charge in [-0.05, 0) is 50.6 Å². The number of aromatic nitrogens is 3. The first-order valence-corrected chi connectivity index (χ1v) is 10.5. The van der Waals surface area contributed by atoms with Gasteiger partial charge in [-0.25, -0.2) is 18.0 Å². The Labute approximate surface area is 188 Å². The van der Waals surface area contributed by atoms with Gasteiger partial charge < -0.3 is 9.74 Å². The number of benzene rings is 1. The minimum atomic E-state index is -1.48. The molecule has 0 amide bonds. The molecule has 7 nitrogen and oxygen atoms in total. The van der Waals surface area contributed by atoms with E-state index in [0.717, 1.165) is 12.1 Å². The molecule has 10 heteroatoms. The minimum absolute atomic E-state index is 0.0858. The molecule has 0 bridgehead atoms. The van der Waals surface area contributed by atoms with Crippen molar-refractivity contribution in [2.75, 3.05) is 18.0 Å². The summed E-state index contributed by atoms with van der Waals surface area (Å²) in [6.45, 7) is 14.0. The Morgan fingerprint density at radius 3 is 2.39 bits per heavy atom. The van der Waals surface area contributed by atoms with E-state index in [0.29, 0.717) is 35.5 Å². The van der Waals surface area contributed by atoms with Gasteiger partial charge in [0.2, 0.25) is 5.52 Å². The summed E-state index contributed by atoms with van der Waals surface area (Å²) in [5.74, 6) is -3.30. The number of fused-ring (bicyclic) bond motifs is 1. The van der Waals surface area contributed by atoms with Crippen LogP contribution in [0.5, 0.6) is 0 Å². The zero-order chi connectivity index (χ0) is 24.0. The van der Waals surface area contributed by atoms with Gasteiger partial charge in [-0.15, -0.1) is 4.98 Å². The van der Waals surface area contributed by atoms with Crippen LogP contribution < -0.4 is 10.6 Å². The Kier molecular flexibility index (Phi) is 5.84. The average Bonchev–Trinajstić information content (AvgIpc) is 2.80. The molecule has 3 heterocycles. The van der Waals surface area contributed by atoms with Gasteiger partial charge in [-0.2, -0.15) is 4.98 Å². The van der Waals surface area contributed by atoms with Crippen LogP contribution in [0.1, 0.15) is 32.4 Å². The summed E-state index contributed by atoms with van der Waals surface area (Å²) in [6, 6.07) is 4.72. The average molecular weight is 456 g/mol. The Morgan fingerprint density at radius 2 is 1.76 bits per heavy atom. The predicted octanol–water partition coefficient (Wildman–Crippen LogP) is 3.96. The molecule has 1 aliphatic heterocycles. The highest BCUT2D eigenvalue weighted by Crippen LogP contribution is 2.32. The molecule has 1 saturated heterocycles. The zero-order valence-corrected chi connectivity index (χ0v) is 18.7. The van der Waals surface area contributed by atoms with Crippen molar-refractivity contribution >= 4 is 22.7 Å². The lowest BCUT2D eigenvalue weighted by atomic mass is 10.0. The van der Waals surface area contributed by atoms with Gasteiger partial charge in [0.05, 0.1) is 5.52 Å². The number of pyridine rings is 1. The molecular formula is C23H23F3N6O. The first kappa shape index (κ1) is 22.7. The Hall–Kier alpha value is -3.45. The zero-order valence-electron chi connectivity index (χ0n) is 18.7. The third-order valence-electron chi connectivity index (χ3n) is 6.33. The second-order valence-corrected chi connectivity index (χ2v) is 8.45. The van der Waals surface area contributed by atoms with Crippen LogP contribution in [0.4, 0.5) is 24.8 Å². The maximum absolute atomic E-state index is 13.8. The molecule has 1 unspecified atom stereocenters. The maximum atomic E-state index is 13.8. The predicted molar refractivity (Wildman–Crippen MR) is 119 cm³/mol. The van der Waals surface area contributed by atoms with E-state index >= 15 is 0 Å². The maximum Gasteiger partial charge on any atom is 0.350 e. The molecule has 33 heavy (non-hydrogen) atoms. The van der Waals surface area contributed by atoms with E-state index in [1.807, 2.05) is 25.7 Å². The molecule has 1 aromatic carbocycles. The topological polar surface area (TPSA) is 58.6 Å². The summed E-state index contributed by atoms with van der Waals surface area (Å²) in [4.78, 5) is 28.6. The van der Waals surface area contributed by atoms with Crippen LogP contribution in [0.2, 0.25) is 0 Å². The fourth-order valence-corrected chi connectivity index (χ4v) is 4.46. The first-order chi connectivity index (χ1) is 15.6. The second-order valence-electron chi connectivity index (χ2n) is 8.45. The van der Waals surface area contributed by atoms with E-state index in [-0.39, 0.29) is 23.9 Å². The molecular weight excluding hydrogens is 433 g/mol. The second kappa shape index (κ2) is 8.48. The largest absolute Gasteiger partial charge is 0.361 e. The minimum Gasteiger partial charge on any atom is -0.361 e. The molecule has 0 saturated carbocycles. The highest BCUT2D eigenvalue weighted by Gasteiger charge is 2.35. The van der Waals surface area contributed by atoms with Crippen molar-refractivity contribution in [2.45, 2.75) is 38.9 Å². The molecule has 172 valence electrons. The number of hydrogen-bond acceptors (Lipinski definition) is 5. The fourth-order valence-electron chi connectivity index (χ4n) is 4.46. The van der Waals surface area contributed by atoms with Gasteiger partial charge in [-0.3, -0.25) is 9.47 Å². The normalized spacial score (nSPS) is 20.1. The number of aryl methyl sites for hydroxylation is 1. The van der Waals surface area contributed by atoms with Crippen molar-refractivity contribution in [3.05, 3.63) is 69.2 Å². The van der Waals surface area contributed by atoms with Crippen LogP contribution in [0, 0.1) is 24.0 Å². The Balaban J connectivity index is 1.69. The van der Waals surface area contributed by atoms with Crippen LogP contribution >= 0.6 is 0 Å². The van der Waals surface area contributed by atoms with Crippen LogP contribution in [0.3, 0.4) is 0 Å². The molecule has 3 atom stereocenters. The quantitative estimate of drug-likeness (QED) is 0.441. The van der Waals surface area contributed by atoms with E-state index in [2.05, 4.69) is 19.7 Å². The van der Waals surface area contributed by atoms with Crippen molar-refractivity contribution in [1.82, 2.24) is 19.4 Å². The number of nitrogens with zero attached hydrogens (tertiary/aromatic N) is 6. The van der Waals surface area contributed by atoms with E-state index in [1.165, 1.54) is 4.57 Å². The summed E-state index contributed by atoms with van der Waals surface area (Å²) >= 11 is 0. The third kappa shape index (κ3) is 3.93. The highest BCUT2D eigenvalue weighted by atomic mass is 19.2. The lowest BCUT2D eigenvalue weighted by Gasteiger charge is -2.47. The Morgan fingerprint density at radius 1 is 1.09 bits per heavy atom. The standard InChI is InChI=1S/C23H23F3N6O/c1-12-11-32(22-21-18(30(5)23(33)29-22)6-7-19(27-4)28-21)13(2)10-31(12)14(3)15-8-16(24)20(26)17(25)9-15/h6-9,12-14H,10-11H2,1-3,5H3/t12-,13+,14?/m1/s1. The molecule has 4 rings (SSSR count). The SMILES string of the molecule is [C-]#[N+]c1ccc2c(n1)c(N1C[C@@H](C)N(C(C)c3cc(F)c(F)c(F)c3)C[C@@H]1C)nc(=O)n2C. The third-order valence-corrected chi connectivity index (χ3v) is 6.33. The lowest BCUT2D eigenvalue weighted by Crippen LogP contribution is -2.57. The van der Waals surface area contributed by atoms with Gasteiger partial charge in [0, 0.05) is 38.3 Å². The first-order valence-electron chi connectivity index (χ1n) is 10.5. The van der Waals surface area contributed by atoms with E-state index in [9.17, 15) is 18.0 Å². The Bertz CT molecular complexity index is 1310. The van der Waals surface area contributed by atoms with Crippen molar-refractivity contribution in [3.8, 4) is 0 Å².